The summed E-state index contributed by atoms with van der Waals surface area (Å²) in [4.78, 5) is -1.54. The number of nitrogens with one attached hydrogen (secondary N) is 1. The minimum atomic E-state index is -4.52. The zero-order chi connectivity index (χ0) is 21.7. The number of benzene rings is 2. The number of hydrogen-bond donors (Lipinski definition) is 3. The van der Waals surface area contributed by atoms with Gasteiger partial charge in [0.2, 0.25) is 20.0 Å². The molecule has 13 heteroatoms. The van der Waals surface area contributed by atoms with Crippen LogP contribution in [0.5, 0.6) is 0 Å². The molecule has 0 saturated carbocycles. The maximum atomic E-state index is 12.9. The maximum absolute atomic E-state index is 12.9. The summed E-state index contributed by atoms with van der Waals surface area (Å²) in [5.74, 6) is 0. The normalized spacial score (nSPS) is 12.8. The third kappa shape index (κ3) is 4.64. The standard InChI is InChI=1S/C15H18ClN3O6S3/c1-8-4-9(2)15(10(3)5-8)28(24,25)19-12-6-11(16)13(26(17,20)21)7-14(12)27(18,22)23/h4-7,19H,1-3H3,(H2,17,20,21)(H2,18,22,23). The number of halogens is 1. The molecular formula is C15H18ClN3O6S3. The minimum Gasteiger partial charge on any atom is -0.278 e. The van der Waals surface area contributed by atoms with Gasteiger partial charge in [0, 0.05) is 0 Å². The van der Waals surface area contributed by atoms with Crippen molar-refractivity contribution in [2.24, 2.45) is 10.3 Å². The molecule has 0 aromatic heterocycles. The first-order valence-electron chi connectivity index (χ1n) is 7.54. The van der Waals surface area contributed by atoms with E-state index in [1.807, 2.05) is 0 Å². The minimum absolute atomic E-state index is 0.0508. The molecule has 2 rings (SSSR count). The van der Waals surface area contributed by atoms with Crippen molar-refractivity contribution in [1.29, 1.82) is 0 Å². The average Bonchev–Trinajstić information content (AvgIpc) is 2.41. The summed E-state index contributed by atoms with van der Waals surface area (Å²) < 4.78 is 74.9. The molecule has 2 aromatic rings. The average molecular weight is 468 g/mol. The molecule has 0 aliphatic carbocycles. The van der Waals surface area contributed by atoms with Crippen LogP contribution in [0.1, 0.15) is 16.7 Å². The van der Waals surface area contributed by atoms with E-state index in [0.717, 1.165) is 11.6 Å². The second-order valence-electron chi connectivity index (χ2n) is 6.20. The van der Waals surface area contributed by atoms with Gasteiger partial charge in [-0.05, 0) is 44.0 Å². The van der Waals surface area contributed by atoms with Crippen LogP contribution in [-0.2, 0) is 30.1 Å². The monoisotopic (exact) mass is 467 g/mol. The van der Waals surface area contributed by atoms with E-state index in [2.05, 4.69) is 4.72 Å². The molecule has 0 aliphatic rings. The van der Waals surface area contributed by atoms with Crippen molar-refractivity contribution in [1.82, 2.24) is 0 Å². The highest BCUT2D eigenvalue weighted by atomic mass is 35.5. The van der Waals surface area contributed by atoms with E-state index < -0.39 is 50.6 Å². The van der Waals surface area contributed by atoms with Crippen LogP contribution in [0.25, 0.3) is 0 Å². The largest absolute Gasteiger partial charge is 0.278 e. The third-order valence-electron chi connectivity index (χ3n) is 3.76. The fourth-order valence-electron chi connectivity index (χ4n) is 2.85. The fraction of sp³-hybridized carbons (Fsp3) is 0.200. The first-order valence-corrected chi connectivity index (χ1v) is 12.5. The van der Waals surface area contributed by atoms with E-state index in [-0.39, 0.29) is 4.90 Å². The summed E-state index contributed by atoms with van der Waals surface area (Å²) in [5, 5.41) is 9.65. The van der Waals surface area contributed by atoms with Gasteiger partial charge >= 0.3 is 0 Å². The van der Waals surface area contributed by atoms with E-state index in [4.69, 9.17) is 21.9 Å². The lowest BCUT2D eigenvalue weighted by Crippen LogP contribution is -2.21. The van der Waals surface area contributed by atoms with Crippen molar-refractivity contribution in [3.05, 3.63) is 46.0 Å². The fourth-order valence-corrected chi connectivity index (χ4v) is 6.32. The first-order chi connectivity index (χ1) is 12.5. The molecule has 0 bridgehead atoms. The Morgan fingerprint density at radius 3 is 1.68 bits per heavy atom. The van der Waals surface area contributed by atoms with Crippen LogP contribution in [0.3, 0.4) is 0 Å². The summed E-state index contributed by atoms with van der Waals surface area (Å²) >= 11 is 5.86. The zero-order valence-corrected chi connectivity index (χ0v) is 18.2. The molecule has 28 heavy (non-hydrogen) atoms. The number of aryl methyl sites for hydroxylation is 3. The second kappa shape index (κ2) is 7.28. The van der Waals surface area contributed by atoms with Crippen molar-refractivity contribution in [2.45, 2.75) is 35.5 Å². The van der Waals surface area contributed by atoms with Gasteiger partial charge in [0.05, 0.1) is 15.6 Å². The molecule has 0 amide bonds. The van der Waals surface area contributed by atoms with Crippen LogP contribution >= 0.6 is 11.6 Å². The lowest BCUT2D eigenvalue weighted by atomic mass is 10.1. The molecule has 9 nitrogen and oxygen atoms in total. The molecule has 0 heterocycles. The van der Waals surface area contributed by atoms with E-state index >= 15 is 0 Å². The Hall–Kier alpha value is -1.70. The van der Waals surface area contributed by atoms with E-state index in [0.29, 0.717) is 17.2 Å². The predicted octanol–water partition coefficient (Wildman–Crippen LogP) is 1.36. The molecule has 154 valence electrons. The van der Waals surface area contributed by atoms with Crippen molar-refractivity contribution >= 4 is 47.4 Å². The number of primary sulfonamides is 2. The highest BCUT2D eigenvalue weighted by Crippen LogP contribution is 2.33. The molecule has 0 atom stereocenters. The third-order valence-corrected chi connectivity index (χ3v) is 7.76. The molecule has 0 unspecified atom stereocenters. The van der Waals surface area contributed by atoms with Crippen LogP contribution in [0.4, 0.5) is 5.69 Å². The van der Waals surface area contributed by atoms with Gasteiger partial charge in [-0.15, -0.1) is 0 Å². The molecule has 0 fully saturated rings. The Kier molecular flexibility index (Phi) is 5.87. The predicted molar refractivity (Wildman–Crippen MR) is 106 cm³/mol. The zero-order valence-electron chi connectivity index (χ0n) is 15.0. The van der Waals surface area contributed by atoms with E-state index in [9.17, 15) is 25.3 Å². The number of sulfonamides is 3. The highest BCUT2D eigenvalue weighted by molar-refractivity contribution is 7.93. The summed E-state index contributed by atoms with van der Waals surface area (Å²) in [6.45, 7) is 4.98. The molecule has 5 N–H and O–H groups in total. The van der Waals surface area contributed by atoms with Gasteiger partial charge in [-0.25, -0.2) is 35.5 Å². The number of anilines is 1. The smallest absolute Gasteiger partial charge is 0.262 e. The molecular weight excluding hydrogens is 450 g/mol. The van der Waals surface area contributed by atoms with Crippen molar-refractivity contribution in [3.63, 3.8) is 0 Å². The van der Waals surface area contributed by atoms with Crippen molar-refractivity contribution in [2.75, 3.05) is 4.72 Å². The topological polar surface area (TPSA) is 166 Å². The van der Waals surface area contributed by atoms with Gasteiger partial charge in [0.25, 0.3) is 10.0 Å². The van der Waals surface area contributed by atoms with Crippen LogP contribution in [0.15, 0.2) is 39.0 Å². The number of nitrogens with two attached hydrogens (primary N) is 2. The molecule has 0 radical (unpaired) electrons. The summed E-state index contributed by atoms with van der Waals surface area (Å²) in [5.41, 5.74) is 1.22. The first kappa shape index (κ1) is 22.6. The van der Waals surface area contributed by atoms with E-state index in [1.165, 1.54) is 0 Å². The highest BCUT2D eigenvalue weighted by Gasteiger charge is 2.27. The van der Waals surface area contributed by atoms with E-state index in [1.54, 1.807) is 32.9 Å². The van der Waals surface area contributed by atoms with Gasteiger partial charge in [0.1, 0.15) is 9.79 Å². The number of rotatable bonds is 5. The molecule has 0 aliphatic heterocycles. The summed E-state index contributed by atoms with van der Waals surface area (Å²) in [7, 11) is -13.1. The van der Waals surface area contributed by atoms with Gasteiger partial charge < -0.3 is 0 Å². The summed E-state index contributed by atoms with van der Waals surface area (Å²) in [6.07, 6.45) is 0. The van der Waals surface area contributed by atoms with Gasteiger partial charge in [-0.1, -0.05) is 29.3 Å². The summed E-state index contributed by atoms with van der Waals surface area (Å²) in [6, 6.07) is 4.75. The lowest BCUT2D eigenvalue weighted by molar-refractivity contribution is 0.596. The Bertz CT molecular complexity index is 1260. The Balaban J connectivity index is 2.75. The molecule has 0 spiro atoms. The molecule has 0 saturated heterocycles. The molecule has 2 aromatic carbocycles. The van der Waals surface area contributed by atoms with Gasteiger partial charge in [-0.2, -0.15) is 0 Å². The Morgan fingerprint density at radius 2 is 1.25 bits per heavy atom. The quantitative estimate of drug-likeness (QED) is 0.600. The Labute approximate surface area is 168 Å². The van der Waals surface area contributed by atoms with Crippen LogP contribution in [0.2, 0.25) is 5.02 Å². The van der Waals surface area contributed by atoms with Crippen LogP contribution in [-0.4, -0.2) is 25.3 Å². The van der Waals surface area contributed by atoms with Gasteiger partial charge in [-0.3, -0.25) is 4.72 Å². The van der Waals surface area contributed by atoms with Crippen LogP contribution in [0, 0.1) is 20.8 Å². The van der Waals surface area contributed by atoms with Crippen molar-refractivity contribution < 1.29 is 25.3 Å². The SMILES string of the molecule is Cc1cc(C)c(S(=O)(=O)Nc2cc(Cl)c(S(N)(=O)=O)cc2S(N)(=O)=O)c(C)c1. The number of hydrogen-bond acceptors (Lipinski definition) is 6. The van der Waals surface area contributed by atoms with Crippen LogP contribution < -0.4 is 15.0 Å². The maximum Gasteiger partial charge on any atom is 0.262 e. The second-order valence-corrected chi connectivity index (χ2v) is 11.3. The van der Waals surface area contributed by atoms with Crippen molar-refractivity contribution in [3.8, 4) is 0 Å². The van der Waals surface area contributed by atoms with Gasteiger partial charge in [0.15, 0.2) is 0 Å². The lowest BCUT2D eigenvalue weighted by Gasteiger charge is -2.16. The Morgan fingerprint density at radius 1 is 0.786 bits per heavy atom.